The van der Waals surface area contributed by atoms with E-state index < -0.39 is 5.60 Å². The van der Waals surface area contributed by atoms with Crippen LogP contribution in [-0.4, -0.2) is 53.8 Å². The second-order valence-electron chi connectivity index (χ2n) is 7.76. The Balaban J connectivity index is 1.45. The summed E-state index contributed by atoms with van der Waals surface area (Å²) in [4.78, 5) is 27.6. The molecule has 0 unspecified atom stereocenters. The number of hydrogen-bond acceptors (Lipinski definition) is 4. The molecule has 2 saturated heterocycles. The van der Waals surface area contributed by atoms with Crippen LogP contribution in [0, 0.1) is 0 Å². The molecule has 0 aromatic heterocycles. The molecule has 0 spiro atoms. The zero-order chi connectivity index (χ0) is 18.7. The van der Waals surface area contributed by atoms with Gasteiger partial charge in [-0.25, -0.2) is 9.59 Å². The van der Waals surface area contributed by atoms with Gasteiger partial charge in [-0.3, -0.25) is 0 Å². The Kier molecular flexibility index (Phi) is 5.20. The maximum Gasteiger partial charge on any atom is 0.410 e. The maximum absolute atomic E-state index is 12.1. The summed E-state index contributed by atoms with van der Waals surface area (Å²) in [5, 5.41) is 0. The summed E-state index contributed by atoms with van der Waals surface area (Å²) in [5.41, 5.74) is 2.96. The van der Waals surface area contributed by atoms with Crippen LogP contribution in [0.1, 0.15) is 32.8 Å². The molecule has 0 N–H and O–H groups in total. The summed E-state index contributed by atoms with van der Waals surface area (Å²) in [6, 6.07) is 9.64. The number of nitrogens with zero attached hydrogens (tertiary/aromatic N) is 2. The molecule has 0 bridgehead atoms. The number of hydrogen-bond donors (Lipinski definition) is 0. The molecule has 140 valence electrons. The van der Waals surface area contributed by atoms with Gasteiger partial charge in [0, 0.05) is 26.2 Å². The van der Waals surface area contributed by atoms with Crippen LogP contribution in [0.5, 0.6) is 0 Å². The molecule has 1 aromatic carbocycles. The molecular weight excluding hydrogens is 332 g/mol. The highest BCUT2D eigenvalue weighted by Crippen LogP contribution is 2.27. The van der Waals surface area contributed by atoms with Crippen molar-refractivity contribution in [1.82, 2.24) is 9.80 Å². The van der Waals surface area contributed by atoms with E-state index in [1.165, 1.54) is 11.1 Å². The lowest BCUT2D eigenvalue weighted by atomic mass is 10.0. The minimum atomic E-state index is -0.483. The number of amides is 2. The quantitative estimate of drug-likeness (QED) is 0.758. The van der Waals surface area contributed by atoms with Gasteiger partial charge in [-0.15, -0.1) is 0 Å². The van der Waals surface area contributed by atoms with E-state index in [-0.39, 0.29) is 18.8 Å². The van der Waals surface area contributed by atoms with Crippen molar-refractivity contribution in [3.63, 3.8) is 0 Å². The largest absolute Gasteiger partial charge is 0.445 e. The molecule has 6 nitrogen and oxygen atoms in total. The van der Waals surface area contributed by atoms with E-state index in [2.05, 4.69) is 0 Å². The molecule has 1 aromatic rings. The number of benzene rings is 1. The SMILES string of the molecule is CC(C)(C)OC(=O)N1CCC(=C2CN(C(=O)OCc3ccccc3)C2)C1. The summed E-state index contributed by atoms with van der Waals surface area (Å²) < 4.78 is 10.8. The van der Waals surface area contributed by atoms with E-state index in [4.69, 9.17) is 9.47 Å². The van der Waals surface area contributed by atoms with Crippen molar-refractivity contribution in [2.75, 3.05) is 26.2 Å². The highest BCUT2D eigenvalue weighted by atomic mass is 16.6. The normalized spacial score (nSPS) is 17.2. The maximum atomic E-state index is 12.1. The number of carbonyl (C=O) groups excluding carboxylic acids is 2. The van der Waals surface area contributed by atoms with E-state index in [9.17, 15) is 9.59 Å². The second-order valence-corrected chi connectivity index (χ2v) is 7.76. The summed E-state index contributed by atoms with van der Waals surface area (Å²) in [6.07, 6.45) is 0.285. The first kappa shape index (κ1) is 18.3. The fourth-order valence-corrected chi connectivity index (χ4v) is 3.01. The number of ether oxygens (including phenoxy) is 2. The molecule has 2 heterocycles. The molecule has 2 fully saturated rings. The van der Waals surface area contributed by atoms with Crippen molar-refractivity contribution in [3.8, 4) is 0 Å². The monoisotopic (exact) mass is 358 g/mol. The van der Waals surface area contributed by atoms with Crippen molar-refractivity contribution in [3.05, 3.63) is 47.0 Å². The lowest BCUT2D eigenvalue weighted by Crippen LogP contribution is -2.45. The van der Waals surface area contributed by atoms with Gasteiger partial charge in [0.1, 0.15) is 12.2 Å². The summed E-state index contributed by atoms with van der Waals surface area (Å²) in [5.74, 6) is 0. The first-order chi connectivity index (χ1) is 12.3. The number of likely N-dealkylation sites (tertiary alicyclic amines) is 2. The average molecular weight is 358 g/mol. The van der Waals surface area contributed by atoms with Gasteiger partial charge in [0.25, 0.3) is 0 Å². The minimum Gasteiger partial charge on any atom is -0.445 e. The summed E-state index contributed by atoms with van der Waals surface area (Å²) in [7, 11) is 0. The van der Waals surface area contributed by atoms with Gasteiger partial charge in [-0.1, -0.05) is 30.3 Å². The van der Waals surface area contributed by atoms with Gasteiger partial charge < -0.3 is 19.3 Å². The molecule has 0 atom stereocenters. The van der Waals surface area contributed by atoms with Gasteiger partial charge >= 0.3 is 12.2 Å². The Morgan fingerprint density at radius 3 is 2.27 bits per heavy atom. The highest BCUT2D eigenvalue weighted by molar-refractivity contribution is 5.71. The van der Waals surface area contributed by atoms with Crippen molar-refractivity contribution >= 4 is 12.2 Å². The van der Waals surface area contributed by atoms with Crippen LogP contribution in [0.3, 0.4) is 0 Å². The topological polar surface area (TPSA) is 59.1 Å². The third-order valence-corrected chi connectivity index (χ3v) is 4.44. The molecule has 26 heavy (non-hydrogen) atoms. The van der Waals surface area contributed by atoms with Crippen molar-refractivity contribution in [1.29, 1.82) is 0 Å². The molecule has 2 aliphatic rings. The predicted octanol–water partition coefficient (Wildman–Crippen LogP) is 3.58. The molecule has 0 radical (unpaired) electrons. The first-order valence-corrected chi connectivity index (χ1v) is 8.95. The third-order valence-electron chi connectivity index (χ3n) is 4.44. The Hall–Kier alpha value is -2.50. The predicted molar refractivity (Wildman–Crippen MR) is 97.7 cm³/mol. The molecular formula is C20H26N2O4. The van der Waals surface area contributed by atoms with Gasteiger partial charge in [-0.2, -0.15) is 0 Å². The lowest BCUT2D eigenvalue weighted by Gasteiger charge is -2.34. The number of carbonyl (C=O) groups is 2. The molecule has 3 rings (SSSR count). The second kappa shape index (κ2) is 7.40. The van der Waals surface area contributed by atoms with E-state index in [0.717, 1.165) is 12.0 Å². The highest BCUT2D eigenvalue weighted by Gasteiger charge is 2.33. The van der Waals surface area contributed by atoms with Crippen LogP contribution >= 0.6 is 0 Å². The fraction of sp³-hybridized carbons (Fsp3) is 0.500. The van der Waals surface area contributed by atoms with Crippen LogP contribution in [0.15, 0.2) is 41.5 Å². The van der Waals surface area contributed by atoms with E-state index in [1.54, 1.807) is 9.80 Å². The van der Waals surface area contributed by atoms with E-state index >= 15 is 0 Å². The Bertz CT molecular complexity index is 698. The Morgan fingerprint density at radius 2 is 1.62 bits per heavy atom. The molecule has 2 amide bonds. The molecule has 6 heteroatoms. The van der Waals surface area contributed by atoms with Gasteiger partial charge in [-0.05, 0) is 43.9 Å². The van der Waals surface area contributed by atoms with Gasteiger partial charge in [0.2, 0.25) is 0 Å². The van der Waals surface area contributed by atoms with Crippen LogP contribution in [0.2, 0.25) is 0 Å². The van der Waals surface area contributed by atoms with Crippen molar-refractivity contribution in [2.45, 2.75) is 39.4 Å². The molecule has 0 aliphatic carbocycles. The van der Waals surface area contributed by atoms with Crippen molar-refractivity contribution < 1.29 is 19.1 Å². The first-order valence-electron chi connectivity index (χ1n) is 8.95. The Labute approximate surface area is 154 Å². The molecule has 2 aliphatic heterocycles. The van der Waals surface area contributed by atoms with E-state index in [0.29, 0.717) is 26.2 Å². The van der Waals surface area contributed by atoms with Gasteiger partial charge in [0.05, 0.1) is 0 Å². The lowest BCUT2D eigenvalue weighted by molar-refractivity contribution is 0.0298. The van der Waals surface area contributed by atoms with Crippen LogP contribution < -0.4 is 0 Å². The average Bonchev–Trinajstić information content (AvgIpc) is 3.01. The van der Waals surface area contributed by atoms with E-state index in [1.807, 2.05) is 51.1 Å². The zero-order valence-corrected chi connectivity index (χ0v) is 15.7. The van der Waals surface area contributed by atoms with Crippen LogP contribution in [-0.2, 0) is 16.1 Å². The fourth-order valence-electron chi connectivity index (χ4n) is 3.01. The summed E-state index contributed by atoms with van der Waals surface area (Å²) >= 11 is 0. The van der Waals surface area contributed by atoms with Gasteiger partial charge in [0.15, 0.2) is 0 Å². The van der Waals surface area contributed by atoms with Crippen LogP contribution in [0.4, 0.5) is 9.59 Å². The number of rotatable bonds is 2. The standard InChI is InChI=1S/C20H26N2O4/c1-20(2,3)26-19(24)21-10-9-16(11-21)17-12-22(13-17)18(23)25-14-15-7-5-4-6-8-15/h4-8H,9-14H2,1-3H3. The minimum absolute atomic E-state index is 0.272. The molecule has 0 saturated carbocycles. The smallest absolute Gasteiger partial charge is 0.410 e. The zero-order valence-electron chi connectivity index (χ0n) is 15.7. The van der Waals surface area contributed by atoms with Crippen LogP contribution in [0.25, 0.3) is 0 Å². The summed E-state index contributed by atoms with van der Waals surface area (Å²) in [6.45, 7) is 8.33. The Morgan fingerprint density at radius 1 is 0.962 bits per heavy atom. The third kappa shape index (κ3) is 4.56. The van der Waals surface area contributed by atoms with Crippen molar-refractivity contribution in [2.24, 2.45) is 0 Å².